The summed E-state index contributed by atoms with van der Waals surface area (Å²) in [4.78, 5) is 7.54. The van der Waals surface area contributed by atoms with Crippen molar-refractivity contribution in [1.82, 2.24) is 9.97 Å². The molecule has 0 spiro atoms. The fourth-order valence-electron chi connectivity index (χ4n) is 1.28. The summed E-state index contributed by atoms with van der Waals surface area (Å²) in [6.45, 7) is 0.329. The van der Waals surface area contributed by atoms with Gasteiger partial charge in [-0.2, -0.15) is 8.78 Å². The van der Waals surface area contributed by atoms with Gasteiger partial charge in [0, 0.05) is 7.05 Å². The molecule has 1 N–H and O–H groups in total. The van der Waals surface area contributed by atoms with E-state index in [0.29, 0.717) is 17.8 Å². The molecule has 1 rings (SSSR count). The zero-order valence-electron chi connectivity index (χ0n) is 9.88. The predicted octanol–water partition coefficient (Wildman–Crippen LogP) is 2.36. The molecule has 0 aliphatic rings. The van der Waals surface area contributed by atoms with Crippen LogP contribution in [-0.2, 0) is 6.42 Å². The maximum absolute atomic E-state index is 12.7. The van der Waals surface area contributed by atoms with Crippen LogP contribution in [0.2, 0.25) is 0 Å². The van der Waals surface area contributed by atoms with Crippen molar-refractivity contribution < 1.29 is 22.3 Å². The highest BCUT2D eigenvalue weighted by Gasteiger charge is 2.42. The Kier molecular flexibility index (Phi) is 4.69. The minimum Gasteiger partial charge on any atom is -0.471 e. The summed E-state index contributed by atoms with van der Waals surface area (Å²) < 4.78 is 54.0. The standard InChI is InChI=1S/C10H13F4N3O/c1-3-6-7(15-2)16-5-17-8(6)18-4-10(13,14)9(11)12/h5,9H,3-4H2,1-2H3,(H,15,16,17). The highest BCUT2D eigenvalue weighted by molar-refractivity contribution is 5.48. The van der Waals surface area contributed by atoms with Crippen molar-refractivity contribution in [2.24, 2.45) is 0 Å². The lowest BCUT2D eigenvalue weighted by Crippen LogP contribution is -2.34. The van der Waals surface area contributed by atoms with E-state index in [2.05, 4.69) is 20.0 Å². The Morgan fingerprint density at radius 2 is 2.06 bits per heavy atom. The lowest BCUT2D eigenvalue weighted by Gasteiger charge is -2.17. The molecule has 0 bridgehead atoms. The van der Waals surface area contributed by atoms with E-state index in [-0.39, 0.29) is 5.88 Å². The van der Waals surface area contributed by atoms with Crippen LogP contribution in [0.25, 0.3) is 0 Å². The fourth-order valence-corrected chi connectivity index (χ4v) is 1.28. The van der Waals surface area contributed by atoms with Crippen molar-refractivity contribution in [2.75, 3.05) is 19.0 Å². The van der Waals surface area contributed by atoms with Crippen molar-refractivity contribution in [3.63, 3.8) is 0 Å². The number of rotatable bonds is 6. The first kappa shape index (κ1) is 14.5. The van der Waals surface area contributed by atoms with E-state index in [4.69, 9.17) is 0 Å². The van der Waals surface area contributed by atoms with Crippen LogP contribution in [0.4, 0.5) is 23.4 Å². The van der Waals surface area contributed by atoms with Gasteiger partial charge in [0.2, 0.25) is 5.88 Å². The molecule has 0 aliphatic heterocycles. The largest absolute Gasteiger partial charge is 0.471 e. The van der Waals surface area contributed by atoms with Gasteiger partial charge in [-0.25, -0.2) is 18.7 Å². The van der Waals surface area contributed by atoms with Crippen LogP contribution in [0.1, 0.15) is 12.5 Å². The molecule has 0 aromatic carbocycles. The molecule has 0 aliphatic carbocycles. The number of nitrogens with zero attached hydrogens (tertiary/aromatic N) is 2. The highest BCUT2D eigenvalue weighted by Crippen LogP contribution is 2.27. The molecule has 4 nitrogen and oxygen atoms in total. The highest BCUT2D eigenvalue weighted by atomic mass is 19.3. The minimum absolute atomic E-state index is 0.114. The van der Waals surface area contributed by atoms with Gasteiger partial charge < -0.3 is 10.1 Å². The van der Waals surface area contributed by atoms with Crippen molar-refractivity contribution in [2.45, 2.75) is 25.7 Å². The van der Waals surface area contributed by atoms with E-state index < -0.39 is 19.0 Å². The Labute approximate surface area is 101 Å². The van der Waals surface area contributed by atoms with Gasteiger partial charge in [0.1, 0.15) is 12.1 Å². The Hall–Kier alpha value is -1.60. The van der Waals surface area contributed by atoms with Gasteiger partial charge in [-0.3, -0.25) is 0 Å². The molecule has 18 heavy (non-hydrogen) atoms. The normalized spacial score (nSPS) is 11.7. The number of alkyl halides is 4. The molecular weight excluding hydrogens is 254 g/mol. The van der Waals surface area contributed by atoms with Crippen LogP contribution < -0.4 is 10.1 Å². The molecule has 0 saturated carbocycles. The Balaban J connectivity index is 2.85. The van der Waals surface area contributed by atoms with Crippen molar-refractivity contribution in [3.8, 4) is 5.88 Å². The third-order valence-corrected chi connectivity index (χ3v) is 2.22. The molecule has 1 aromatic rings. The summed E-state index contributed by atoms with van der Waals surface area (Å²) in [6, 6.07) is 0. The maximum Gasteiger partial charge on any atom is 0.340 e. The molecule has 0 fully saturated rings. The molecule has 0 saturated heterocycles. The van der Waals surface area contributed by atoms with E-state index >= 15 is 0 Å². The summed E-state index contributed by atoms with van der Waals surface area (Å²) in [5.74, 6) is -3.89. The third-order valence-electron chi connectivity index (χ3n) is 2.22. The molecule has 0 amide bonds. The molecular formula is C10H13F4N3O. The second-order valence-corrected chi connectivity index (χ2v) is 3.46. The van der Waals surface area contributed by atoms with Gasteiger partial charge >= 0.3 is 12.3 Å². The second-order valence-electron chi connectivity index (χ2n) is 3.46. The molecule has 1 heterocycles. The van der Waals surface area contributed by atoms with Crippen molar-refractivity contribution in [3.05, 3.63) is 11.9 Å². The van der Waals surface area contributed by atoms with E-state index in [1.165, 1.54) is 0 Å². The first-order valence-corrected chi connectivity index (χ1v) is 5.22. The van der Waals surface area contributed by atoms with Crippen molar-refractivity contribution >= 4 is 5.82 Å². The van der Waals surface area contributed by atoms with Crippen LogP contribution in [-0.4, -0.2) is 36.0 Å². The Morgan fingerprint density at radius 3 is 2.56 bits per heavy atom. The first-order valence-electron chi connectivity index (χ1n) is 5.22. The Morgan fingerprint density at radius 1 is 1.39 bits per heavy atom. The average Bonchev–Trinajstić information content (AvgIpc) is 2.35. The molecule has 1 aromatic heterocycles. The average molecular weight is 267 g/mol. The van der Waals surface area contributed by atoms with Gasteiger partial charge in [0.25, 0.3) is 0 Å². The number of hydrogen-bond donors (Lipinski definition) is 1. The summed E-state index contributed by atoms with van der Waals surface area (Å²) in [6.07, 6.45) is -2.24. The summed E-state index contributed by atoms with van der Waals surface area (Å²) >= 11 is 0. The summed E-state index contributed by atoms with van der Waals surface area (Å²) in [7, 11) is 1.60. The monoisotopic (exact) mass is 267 g/mol. The number of nitrogens with one attached hydrogen (secondary N) is 1. The van der Waals surface area contributed by atoms with Crippen LogP contribution in [0.15, 0.2) is 6.33 Å². The number of aromatic nitrogens is 2. The molecule has 102 valence electrons. The van der Waals surface area contributed by atoms with Crippen LogP contribution in [0, 0.1) is 0 Å². The van der Waals surface area contributed by atoms with E-state index in [0.717, 1.165) is 6.33 Å². The molecule has 0 radical (unpaired) electrons. The topological polar surface area (TPSA) is 47.0 Å². The zero-order valence-corrected chi connectivity index (χ0v) is 9.88. The van der Waals surface area contributed by atoms with Gasteiger partial charge in [0.05, 0.1) is 5.56 Å². The van der Waals surface area contributed by atoms with Crippen LogP contribution >= 0.6 is 0 Å². The van der Waals surface area contributed by atoms with E-state index in [1.807, 2.05) is 0 Å². The summed E-state index contributed by atoms with van der Waals surface area (Å²) in [5, 5.41) is 2.74. The number of ether oxygens (including phenoxy) is 1. The smallest absolute Gasteiger partial charge is 0.340 e. The first-order chi connectivity index (χ1) is 8.42. The third kappa shape index (κ3) is 3.21. The van der Waals surface area contributed by atoms with Crippen LogP contribution in [0.3, 0.4) is 0 Å². The summed E-state index contributed by atoms with van der Waals surface area (Å²) in [5.41, 5.74) is 0.463. The quantitative estimate of drug-likeness (QED) is 0.804. The minimum atomic E-state index is -4.20. The van der Waals surface area contributed by atoms with Crippen LogP contribution in [0.5, 0.6) is 5.88 Å². The number of halogens is 4. The number of anilines is 1. The lowest BCUT2D eigenvalue weighted by atomic mass is 10.2. The second kappa shape index (κ2) is 5.83. The van der Waals surface area contributed by atoms with Gasteiger partial charge in [0.15, 0.2) is 6.61 Å². The molecule has 8 heteroatoms. The molecule has 0 atom stereocenters. The molecule has 0 unspecified atom stereocenters. The van der Waals surface area contributed by atoms with E-state index in [9.17, 15) is 17.6 Å². The van der Waals surface area contributed by atoms with Crippen molar-refractivity contribution in [1.29, 1.82) is 0 Å². The van der Waals surface area contributed by atoms with Gasteiger partial charge in [-0.15, -0.1) is 0 Å². The lowest BCUT2D eigenvalue weighted by molar-refractivity contribution is -0.148. The maximum atomic E-state index is 12.7. The van der Waals surface area contributed by atoms with Gasteiger partial charge in [-0.05, 0) is 6.42 Å². The SMILES string of the molecule is CCc1c(NC)ncnc1OCC(F)(F)C(F)F. The Bertz CT molecular complexity index is 401. The number of hydrogen-bond acceptors (Lipinski definition) is 4. The predicted molar refractivity (Wildman–Crippen MR) is 57.4 cm³/mol. The van der Waals surface area contributed by atoms with Gasteiger partial charge in [-0.1, -0.05) is 6.92 Å². The van der Waals surface area contributed by atoms with E-state index in [1.54, 1.807) is 14.0 Å². The zero-order chi connectivity index (χ0) is 13.8. The fraction of sp³-hybridized carbons (Fsp3) is 0.600.